The third-order valence-electron chi connectivity index (χ3n) is 5.69. The number of carbonyl (C=O) groups is 1. The fourth-order valence-electron chi connectivity index (χ4n) is 3.89. The number of aryl methyl sites for hydroxylation is 1. The summed E-state index contributed by atoms with van der Waals surface area (Å²) in [6.07, 6.45) is 1.74. The smallest absolute Gasteiger partial charge is 0.256 e. The fraction of sp³-hybridized carbons (Fsp3) is 0.185. The van der Waals surface area contributed by atoms with Gasteiger partial charge in [0, 0.05) is 27.8 Å². The first-order chi connectivity index (χ1) is 16.5. The Hall–Kier alpha value is -3.84. The summed E-state index contributed by atoms with van der Waals surface area (Å²) < 4.78 is 11.3. The van der Waals surface area contributed by atoms with Crippen LogP contribution in [-0.4, -0.2) is 25.1 Å². The molecule has 1 unspecified atom stereocenters. The lowest BCUT2D eigenvalue weighted by Crippen LogP contribution is -2.18. The number of carbonyl (C=O) groups excluding carboxylic acids is 1. The highest BCUT2D eigenvalue weighted by atomic mass is 32.1. The lowest BCUT2D eigenvalue weighted by atomic mass is 9.95. The minimum Gasteiger partial charge on any atom is -0.493 e. The van der Waals surface area contributed by atoms with E-state index in [4.69, 9.17) is 9.47 Å². The molecule has 2 N–H and O–H groups in total. The van der Waals surface area contributed by atoms with E-state index in [1.807, 2.05) is 54.6 Å². The number of amides is 1. The van der Waals surface area contributed by atoms with E-state index in [0.717, 1.165) is 26.6 Å². The van der Waals surface area contributed by atoms with Gasteiger partial charge in [0.25, 0.3) is 5.91 Å². The van der Waals surface area contributed by atoms with Crippen LogP contribution in [0.2, 0.25) is 0 Å². The third-order valence-corrected chi connectivity index (χ3v) is 6.82. The normalized spacial score (nSPS) is 11.5. The Balaban J connectivity index is 1.85. The molecule has 0 aliphatic rings. The summed E-state index contributed by atoms with van der Waals surface area (Å²) in [6, 6.07) is 20.4. The molecule has 6 nitrogen and oxygen atoms in total. The Morgan fingerprint density at radius 3 is 2.38 bits per heavy atom. The van der Waals surface area contributed by atoms with Crippen molar-refractivity contribution in [2.45, 2.75) is 19.9 Å². The predicted octanol–water partition coefficient (Wildman–Crippen LogP) is 6.23. The first kappa shape index (κ1) is 23.3. The van der Waals surface area contributed by atoms with E-state index < -0.39 is 0 Å². The van der Waals surface area contributed by atoms with E-state index in [1.165, 1.54) is 0 Å². The molecule has 2 heterocycles. The Bertz CT molecular complexity index is 1270. The van der Waals surface area contributed by atoms with Gasteiger partial charge in [0.05, 0.1) is 20.3 Å². The average molecular weight is 474 g/mol. The number of anilines is 2. The van der Waals surface area contributed by atoms with Crippen LogP contribution in [0.3, 0.4) is 0 Å². The van der Waals surface area contributed by atoms with Crippen molar-refractivity contribution in [1.82, 2.24) is 4.98 Å². The highest BCUT2D eigenvalue weighted by Gasteiger charge is 2.28. The monoisotopic (exact) mass is 473 g/mol. The number of ether oxygens (including phenoxy) is 2. The second-order valence-electron chi connectivity index (χ2n) is 7.72. The summed E-state index contributed by atoms with van der Waals surface area (Å²) in [7, 11) is 3.25. The number of para-hydroxylation sites is 1. The summed E-state index contributed by atoms with van der Waals surface area (Å²) in [5.41, 5.74) is 3.53. The SMILES string of the molecule is COc1cccc(C(Nc2ccccn2)c2c(NC(=O)c3ccccc3)sc(C)c2C)c1OC. The standard InChI is InChI=1S/C27H27N3O3S/c1-17-18(2)34-27(30-26(31)19-11-6-5-7-12-19)23(17)24(29-22-15-8-9-16-28-22)20-13-10-14-21(32-3)25(20)33-4/h5-16,24H,1-4H3,(H,28,29)(H,30,31). The number of hydrogen-bond acceptors (Lipinski definition) is 6. The van der Waals surface area contributed by atoms with Crippen LogP contribution in [0.15, 0.2) is 72.9 Å². The molecule has 174 valence electrons. The van der Waals surface area contributed by atoms with Gasteiger partial charge in [-0.15, -0.1) is 11.3 Å². The van der Waals surface area contributed by atoms with Crippen LogP contribution in [0.25, 0.3) is 0 Å². The molecule has 1 amide bonds. The van der Waals surface area contributed by atoms with E-state index in [0.29, 0.717) is 22.9 Å². The minimum atomic E-state index is -0.351. The number of rotatable bonds is 8. The fourth-order valence-corrected chi connectivity index (χ4v) is 4.98. The van der Waals surface area contributed by atoms with Crippen LogP contribution in [0.1, 0.15) is 38.0 Å². The molecule has 4 rings (SSSR count). The van der Waals surface area contributed by atoms with Crippen molar-refractivity contribution in [3.63, 3.8) is 0 Å². The van der Waals surface area contributed by atoms with Gasteiger partial charge >= 0.3 is 0 Å². The summed E-state index contributed by atoms with van der Waals surface area (Å²) in [4.78, 5) is 18.6. The highest BCUT2D eigenvalue weighted by Crippen LogP contribution is 2.45. The van der Waals surface area contributed by atoms with Crippen LogP contribution >= 0.6 is 11.3 Å². The molecule has 0 spiro atoms. The molecule has 2 aromatic heterocycles. The number of pyridine rings is 1. The van der Waals surface area contributed by atoms with Gasteiger partial charge < -0.3 is 20.1 Å². The van der Waals surface area contributed by atoms with Crippen LogP contribution in [0.4, 0.5) is 10.8 Å². The Labute approximate surface area is 203 Å². The van der Waals surface area contributed by atoms with E-state index in [1.54, 1.807) is 43.9 Å². The zero-order valence-corrected chi connectivity index (χ0v) is 20.4. The second kappa shape index (κ2) is 10.4. The first-order valence-corrected chi connectivity index (χ1v) is 11.7. The van der Waals surface area contributed by atoms with Gasteiger partial charge in [-0.3, -0.25) is 4.79 Å². The van der Waals surface area contributed by atoms with Crippen LogP contribution < -0.4 is 20.1 Å². The Kier molecular flexibility index (Phi) is 7.13. The number of methoxy groups -OCH3 is 2. The second-order valence-corrected chi connectivity index (χ2v) is 8.95. The zero-order chi connectivity index (χ0) is 24.1. The topological polar surface area (TPSA) is 72.5 Å². The van der Waals surface area contributed by atoms with Crippen molar-refractivity contribution in [3.05, 3.63) is 100 Å². The largest absolute Gasteiger partial charge is 0.493 e. The number of hydrogen-bond donors (Lipinski definition) is 2. The van der Waals surface area contributed by atoms with Gasteiger partial charge in [0.15, 0.2) is 11.5 Å². The molecule has 34 heavy (non-hydrogen) atoms. The van der Waals surface area contributed by atoms with Crippen molar-refractivity contribution in [2.75, 3.05) is 24.9 Å². The van der Waals surface area contributed by atoms with Gasteiger partial charge in [-0.2, -0.15) is 0 Å². The molecule has 7 heteroatoms. The zero-order valence-electron chi connectivity index (χ0n) is 19.6. The van der Waals surface area contributed by atoms with Crippen molar-refractivity contribution >= 4 is 28.1 Å². The molecular weight excluding hydrogens is 446 g/mol. The lowest BCUT2D eigenvalue weighted by Gasteiger charge is -2.25. The van der Waals surface area contributed by atoms with E-state index >= 15 is 0 Å². The van der Waals surface area contributed by atoms with Crippen molar-refractivity contribution in [2.24, 2.45) is 0 Å². The molecule has 1 atom stereocenters. The number of benzene rings is 2. The van der Waals surface area contributed by atoms with E-state index in [-0.39, 0.29) is 11.9 Å². The Morgan fingerprint density at radius 1 is 0.941 bits per heavy atom. The van der Waals surface area contributed by atoms with E-state index in [2.05, 4.69) is 29.5 Å². The molecule has 2 aromatic carbocycles. The maximum atomic E-state index is 13.0. The lowest BCUT2D eigenvalue weighted by molar-refractivity contribution is 0.102. The number of nitrogens with zero attached hydrogens (tertiary/aromatic N) is 1. The molecule has 0 radical (unpaired) electrons. The first-order valence-electron chi connectivity index (χ1n) is 10.9. The van der Waals surface area contributed by atoms with E-state index in [9.17, 15) is 4.79 Å². The van der Waals surface area contributed by atoms with Gasteiger partial charge in [-0.1, -0.05) is 36.4 Å². The van der Waals surface area contributed by atoms with Crippen LogP contribution in [-0.2, 0) is 0 Å². The molecule has 0 saturated heterocycles. The maximum absolute atomic E-state index is 13.0. The third kappa shape index (κ3) is 4.75. The molecule has 0 aliphatic carbocycles. The number of nitrogens with one attached hydrogen (secondary N) is 2. The van der Waals surface area contributed by atoms with Crippen molar-refractivity contribution < 1.29 is 14.3 Å². The van der Waals surface area contributed by atoms with Gasteiger partial charge in [-0.25, -0.2) is 4.98 Å². The van der Waals surface area contributed by atoms with Crippen LogP contribution in [0, 0.1) is 13.8 Å². The average Bonchev–Trinajstić information content (AvgIpc) is 3.15. The van der Waals surface area contributed by atoms with Crippen molar-refractivity contribution in [1.29, 1.82) is 0 Å². The molecule has 0 aliphatic heterocycles. The number of thiophene rings is 1. The van der Waals surface area contributed by atoms with Gasteiger partial charge in [0.2, 0.25) is 0 Å². The molecule has 0 bridgehead atoms. The summed E-state index contributed by atoms with van der Waals surface area (Å²) in [6.45, 7) is 4.13. The van der Waals surface area contributed by atoms with Gasteiger partial charge in [-0.05, 0) is 49.7 Å². The summed E-state index contributed by atoms with van der Waals surface area (Å²) in [5.74, 6) is 1.81. The summed E-state index contributed by atoms with van der Waals surface area (Å²) >= 11 is 1.56. The number of aromatic nitrogens is 1. The van der Waals surface area contributed by atoms with Crippen molar-refractivity contribution in [3.8, 4) is 11.5 Å². The van der Waals surface area contributed by atoms with Crippen LogP contribution in [0.5, 0.6) is 11.5 Å². The maximum Gasteiger partial charge on any atom is 0.256 e. The summed E-state index contributed by atoms with van der Waals surface area (Å²) in [5, 5.41) is 7.47. The molecule has 0 fully saturated rings. The minimum absolute atomic E-state index is 0.155. The van der Waals surface area contributed by atoms with Gasteiger partial charge in [0.1, 0.15) is 10.8 Å². The molecule has 0 saturated carbocycles. The highest BCUT2D eigenvalue weighted by molar-refractivity contribution is 7.16. The Morgan fingerprint density at radius 2 is 1.71 bits per heavy atom. The molecule has 4 aromatic rings. The predicted molar refractivity (Wildman–Crippen MR) is 137 cm³/mol. The quantitative estimate of drug-likeness (QED) is 0.317. The molecular formula is C27H27N3O3S.